The average molecular weight is 489 g/mol. The van der Waals surface area contributed by atoms with E-state index in [4.69, 9.17) is 50.3 Å². The van der Waals surface area contributed by atoms with Gasteiger partial charge < -0.3 is 21.3 Å². The maximum absolute atomic E-state index is 8.74. The molecule has 0 aromatic carbocycles. The van der Waals surface area contributed by atoms with Crippen molar-refractivity contribution in [2.75, 3.05) is 65.4 Å². The summed E-state index contributed by atoms with van der Waals surface area (Å²) in [5.74, 6) is 0.336. The summed E-state index contributed by atoms with van der Waals surface area (Å²) >= 11 is 0. The van der Waals surface area contributed by atoms with Gasteiger partial charge in [-0.1, -0.05) is 0 Å². The van der Waals surface area contributed by atoms with Crippen molar-refractivity contribution in [3.63, 3.8) is 0 Å². The third-order valence-electron chi connectivity index (χ3n) is 4.95. The summed E-state index contributed by atoms with van der Waals surface area (Å²) in [5, 5.41) is 31.3. The second-order valence-electron chi connectivity index (χ2n) is 7.40. The van der Waals surface area contributed by atoms with Crippen molar-refractivity contribution >= 4 is 22.3 Å². The van der Waals surface area contributed by atoms with E-state index in [0.717, 1.165) is 78.3 Å². The van der Waals surface area contributed by atoms with Gasteiger partial charge in [-0.25, -0.2) is 0 Å². The Morgan fingerprint density at radius 1 is 0.758 bits per heavy atom. The zero-order valence-corrected chi connectivity index (χ0v) is 19.7. The summed E-state index contributed by atoms with van der Waals surface area (Å²) in [6.07, 6.45) is 3.15. The normalized spacial score (nSPS) is 16.8. The topological polar surface area (TPSA) is 235 Å². The Balaban J connectivity index is 0.000000517. The van der Waals surface area contributed by atoms with Crippen LogP contribution in [0.5, 0.6) is 0 Å². The largest absolute Gasteiger partial charge is 0.394 e. The molecule has 2 aliphatic rings. The maximum atomic E-state index is 8.74. The molecule has 0 aromatic heterocycles. The van der Waals surface area contributed by atoms with Crippen molar-refractivity contribution < 1.29 is 17.5 Å². The summed E-state index contributed by atoms with van der Waals surface area (Å²) in [6, 6.07) is 4.29. The predicted molar refractivity (Wildman–Crippen MR) is 124 cm³/mol. The molecule has 2 aliphatic heterocycles. The number of nitriles is 2. The minimum atomic E-state index is -4.67. The Morgan fingerprint density at radius 2 is 1.03 bits per heavy atom. The molecule has 2 fully saturated rings. The van der Waals surface area contributed by atoms with Gasteiger partial charge in [-0.3, -0.25) is 29.7 Å². The molecule has 0 radical (unpaired) electrons. The molecule has 2 heterocycles. The van der Waals surface area contributed by atoms with Crippen LogP contribution in [0.3, 0.4) is 0 Å². The summed E-state index contributed by atoms with van der Waals surface area (Å²) in [5.41, 5.74) is 10.8. The van der Waals surface area contributed by atoms with Crippen molar-refractivity contribution in [3.05, 3.63) is 0 Å². The fourth-order valence-corrected chi connectivity index (χ4v) is 3.19. The lowest BCUT2D eigenvalue weighted by atomic mass is 10.2. The van der Waals surface area contributed by atoms with Crippen molar-refractivity contribution in [3.8, 4) is 12.1 Å². The highest BCUT2D eigenvalue weighted by atomic mass is 32.3. The molecule has 0 aromatic rings. The van der Waals surface area contributed by atoms with Crippen LogP contribution in [0, 0.1) is 33.5 Å². The molecule has 0 atom stereocenters. The number of piperazine rings is 2. The van der Waals surface area contributed by atoms with Crippen LogP contribution in [0.15, 0.2) is 0 Å². The Bertz CT molecular complexity index is 706. The Morgan fingerprint density at radius 3 is 1.24 bits per heavy atom. The van der Waals surface area contributed by atoms with Gasteiger partial charge >= 0.3 is 10.4 Å². The molecule has 14 nitrogen and oxygen atoms in total. The quantitative estimate of drug-likeness (QED) is 0.114. The third kappa shape index (κ3) is 17.5. The monoisotopic (exact) mass is 488 g/mol. The zero-order valence-electron chi connectivity index (χ0n) is 18.9. The second kappa shape index (κ2) is 16.9. The van der Waals surface area contributed by atoms with Crippen LogP contribution >= 0.6 is 0 Å². The minimum absolute atomic E-state index is 0.168. The van der Waals surface area contributed by atoms with E-state index in [0.29, 0.717) is 12.8 Å². The molecule has 0 saturated carbocycles. The molecule has 0 bridgehead atoms. The number of guanidine groups is 2. The smallest absolute Gasteiger partial charge is 0.370 e. The number of unbranched alkanes of at least 4 members (excludes halogenated alkanes) is 2. The summed E-state index contributed by atoms with van der Waals surface area (Å²) in [7, 11) is -4.67. The van der Waals surface area contributed by atoms with E-state index in [1.807, 2.05) is 9.80 Å². The molecule has 33 heavy (non-hydrogen) atoms. The maximum Gasteiger partial charge on any atom is 0.394 e. The lowest BCUT2D eigenvalue weighted by molar-refractivity contribution is 0.179. The molecule has 188 valence electrons. The van der Waals surface area contributed by atoms with Gasteiger partial charge in [0.1, 0.15) is 0 Å². The first-order valence-corrected chi connectivity index (χ1v) is 11.9. The van der Waals surface area contributed by atoms with E-state index < -0.39 is 10.4 Å². The standard InChI is InChI=1S/2C9H17N5.H2O4S/c2*10-3-1-2-4-13-5-7-14(8-6-13)9(11)12;1-5(2,3)4/h2*1-2,4-8H2,(H3,11,12);(H2,1,2,3,4). The first-order valence-electron chi connectivity index (χ1n) is 10.5. The summed E-state index contributed by atoms with van der Waals surface area (Å²) < 4.78 is 31.6. The van der Waals surface area contributed by atoms with E-state index in [2.05, 4.69) is 21.9 Å². The lowest BCUT2D eigenvalue weighted by Crippen LogP contribution is -2.50. The van der Waals surface area contributed by atoms with Crippen LogP contribution in [0.1, 0.15) is 25.7 Å². The van der Waals surface area contributed by atoms with Crippen LogP contribution in [0.2, 0.25) is 0 Å². The molecule has 0 spiro atoms. The van der Waals surface area contributed by atoms with Crippen LogP contribution in [-0.4, -0.2) is 114 Å². The third-order valence-corrected chi connectivity index (χ3v) is 4.95. The van der Waals surface area contributed by atoms with E-state index in [-0.39, 0.29) is 11.9 Å². The fraction of sp³-hybridized carbons (Fsp3) is 0.778. The first-order chi connectivity index (χ1) is 15.5. The Kier molecular flexibility index (Phi) is 15.5. The average Bonchev–Trinajstić information content (AvgIpc) is 2.74. The van der Waals surface area contributed by atoms with E-state index in [1.165, 1.54) is 0 Å². The highest BCUT2D eigenvalue weighted by Gasteiger charge is 2.17. The van der Waals surface area contributed by atoms with Crippen LogP contribution in [0.25, 0.3) is 0 Å². The molecule has 0 amide bonds. The molecule has 15 heteroatoms. The van der Waals surface area contributed by atoms with Gasteiger partial charge in [-0.15, -0.1) is 0 Å². The lowest BCUT2D eigenvalue weighted by Gasteiger charge is -2.34. The highest BCUT2D eigenvalue weighted by molar-refractivity contribution is 7.79. The highest BCUT2D eigenvalue weighted by Crippen LogP contribution is 2.03. The minimum Gasteiger partial charge on any atom is -0.370 e. The molecule has 2 rings (SSSR count). The first kappa shape index (κ1) is 30.3. The summed E-state index contributed by atoms with van der Waals surface area (Å²) in [6.45, 7) is 9.11. The van der Waals surface area contributed by atoms with Crippen LogP contribution in [-0.2, 0) is 10.4 Å². The summed E-state index contributed by atoms with van der Waals surface area (Å²) in [4.78, 5) is 8.38. The van der Waals surface area contributed by atoms with E-state index in [1.54, 1.807) is 0 Å². The number of hydrogen-bond donors (Lipinski definition) is 6. The zero-order chi connectivity index (χ0) is 25.3. The number of nitrogens with one attached hydrogen (secondary N) is 2. The van der Waals surface area contributed by atoms with Gasteiger partial charge in [0.25, 0.3) is 0 Å². The molecular weight excluding hydrogens is 452 g/mol. The Hall–Kier alpha value is -2.69. The van der Waals surface area contributed by atoms with Crippen molar-refractivity contribution in [1.82, 2.24) is 19.6 Å². The number of nitrogens with two attached hydrogens (primary N) is 2. The SMILES string of the molecule is N#CCCCN1CCN(C(=N)N)CC1.N#CCCCN1CCN(C(=N)N)CC1.O=S(=O)(O)O. The second-order valence-corrected chi connectivity index (χ2v) is 8.29. The number of rotatable bonds is 6. The van der Waals surface area contributed by atoms with Crippen LogP contribution in [0.4, 0.5) is 0 Å². The number of hydrogen-bond acceptors (Lipinski definition) is 8. The van der Waals surface area contributed by atoms with Gasteiger partial charge in [0.2, 0.25) is 0 Å². The van der Waals surface area contributed by atoms with Crippen molar-refractivity contribution in [2.24, 2.45) is 11.5 Å². The van der Waals surface area contributed by atoms with Gasteiger partial charge in [-0.2, -0.15) is 18.9 Å². The van der Waals surface area contributed by atoms with E-state index >= 15 is 0 Å². The van der Waals surface area contributed by atoms with Gasteiger partial charge in [0, 0.05) is 65.2 Å². The van der Waals surface area contributed by atoms with Crippen molar-refractivity contribution in [1.29, 1.82) is 21.3 Å². The van der Waals surface area contributed by atoms with Gasteiger partial charge in [0.05, 0.1) is 12.1 Å². The number of nitrogens with zero attached hydrogens (tertiary/aromatic N) is 6. The van der Waals surface area contributed by atoms with E-state index in [9.17, 15) is 0 Å². The predicted octanol–water partition coefficient (Wildman–Crippen LogP) is -1.05. The molecular formula is C18H36N10O4S. The van der Waals surface area contributed by atoms with Gasteiger partial charge in [0.15, 0.2) is 11.9 Å². The molecule has 2 saturated heterocycles. The molecule has 8 N–H and O–H groups in total. The fourth-order valence-electron chi connectivity index (χ4n) is 3.19. The Labute approximate surface area is 195 Å². The van der Waals surface area contributed by atoms with Crippen molar-refractivity contribution in [2.45, 2.75) is 25.7 Å². The van der Waals surface area contributed by atoms with Crippen LogP contribution < -0.4 is 11.5 Å². The van der Waals surface area contributed by atoms with Gasteiger partial charge in [-0.05, 0) is 25.9 Å². The molecule has 0 unspecified atom stereocenters. The molecule has 0 aliphatic carbocycles.